The first-order chi connectivity index (χ1) is 17.0. The second-order valence-electron chi connectivity index (χ2n) is 8.45. The van der Waals surface area contributed by atoms with Crippen molar-refractivity contribution >= 4 is 40.5 Å². The summed E-state index contributed by atoms with van der Waals surface area (Å²) in [6.45, 7) is 2.74. The maximum atomic E-state index is 12.9. The number of carbonyl (C=O) groups is 1. The van der Waals surface area contributed by atoms with E-state index in [1.54, 1.807) is 36.7 Å². The van der Waals surface area contributed by atoms with Crippen molar-refractivity contribution in [1.82, 2.24) is 10.3 Å². The SMILES string of the molecule is O=Nc1ccc(OCCc2ccc(Cl)cc2Cl)cc1C(=O)NCC1CCN(c2ccncc2)CC1. The molecule has 1 aliphatic rings. The van der Waals surface area contributed by atoms with Gasteiger partial charge in [0.05, 0.1) is 12.2 Å². The smallest absolute Gasteiger partial charge is 0.253 e. The molecule has 0 radical (unpaired) electrons. The molecule has 35 heavy (non-hydrogen) atoms. The molecule has 2 heterocycles. The first-order valence-corrected chi connectivity index (χ1v) is 12.3. The normalized spacial score (nSPS) is 13.9. The number of rotatable bonds is 9. The summed E-state index contributed by atoms with van der Waals surface area (Å²) in [5.41, 5.74) is 2.37. The maximum absolute atomic E-state index is 12.9. The van der Waals surface area contributed by atoms with Crippen LogP contribution in [-0.2, 0) is 6.42 Å². The van der Waals surface area contributed by atoms with Crippen LogP contribution in [-0.4, -0.2) is 37.1 Å². The number of hydrogen-bond acceptors (Lipinski definition) is 6. The molecule has 1 aromatic heterocycles. The van der Waals surface area contributed by atoms with Crippen molar-refractivity contribution in [2.45, 2.75) is 19.3 Å². The number of amides is 1. The zero-order chi connectivity index (χ0) is 24.6. The molecule has 0 atom stereocenters. The molecule has 4 rings (SSSR count). The summed E-state index contributed by atoms with van der Waals surface area (Å²) >= 11 is 12.1. The number of aromatic nitrogens is 1. The number of ether oxygens (including phenoxy) is 1. The van der Waals surface area contributed by atoms with Crippen molar-refractivity contribution in [3.8, 4) is 5.75 Å². The molecule has 2 aromatic carbocycles. The highest BCUT2D eigenvalue weighted by Gasteiger charge is 2.21. The van der Waals surface area contributed by atoms with Crippen LogP contribution in [0.15, 0.2) is 66.1 Å². The first kappa shape index (κ1) is 24.9. The Morgan fingerprint density at radius 3 is 2.57 bits per heavy atom. The number of hydrogen-bond donors (Lipinski definition) is 1. The fraction of sp³-hybridized carbons (Fsp3) is 0.308. The van der Waals surface area contributed by atoms with Crippen molar-refractivity contribution in [1.29, 1.82) is 0 Å². The second kappa shape index (κ2) is 12.0. The number of anilines is 1. The van der Waals surface area contributed by atoms with E-state index in [0.717, 1.165) is 31.5 Å². The van der Waals surface area contributed by atoms with Gasteiger partial charge in [-0.15, -0.1) is 4.91 Å². The van der Waals surface area contributed by atoms with E-state index in [9.17, 15) is 9.70 Å². The summed E-state index contributed by atoms with van der Waals surface area (Å²) in [6.07, 6.45) is 6.11. The fourth-order valence-electron chi connectivity index (χ4n) is 4.15. The van der Waals surface area contributed by atoms with Crippen molar-refractivity contribution < 1.29 is 9.53 Å². The van der Waals surface area contributed by atoms with Crippen LogP contribution < -0.4 is 15.0 Å². The van der Waals surface area contributed by atoms with Crippen LogP contribution in [0.1, 0.15) is 28.8 Å². The number of nitrogens with one attached hydrogen (secondary N) is 1. The summed E-state index contributed by atoms with van der Waals surface area (Å²) in [5, 5.41) is 7.13. The Labute approximate surface area is 214 Å². The van der Waals surface area contributed by atoms with E-state index >= 15 is 0 Å². The lowest BCUT2D eigenvalue weighted by Crippen LogP contribution is -2.38. The molecule has 0 saturated carbocycles. The number of halogens is 2. The van der Waals surface area contributed by atoms with Crippen LogP contribution >= 0.6 is 23.2 Å². The Bertz CT molecular complexity index is 1170. The van der Waals surface area contributed by atoms with Gasteiger partial charge in [0.2, 0.25) is 0 Å². The van der Waals surface area contributed by atoms with Crippen LogP contribution in [0.4, 0.5) is 11.4 Å². The topological polar surface area (TPSA) is 83.9 Å². The molecule has 1 N–H and O–H groups in total. The molecule has 7 nitrogen and oxygen atoms in total. The highest BCUT2D eigenvalue weighted by molar-refractivity contribution is 6.35. The van der Waals surface area contributed by atoms with Gasteiger partial charge in [-0.2, -0.15) is 0 Å². The zero-order valence-electron chi connectivity index (χ0n) is 19.1. The zero-order valence-corrected chi connectivity index (χ0v) is 20.6. The van der Waals surface area contributed by atoms with Crippen molar-refractivity contribution in [2.75, 3.05) is 31.1 Å². The third-order valence-corrected chi connectivity index (χ3v) is 6.75. The Balaban J connectivity index is 1.30. The number of benzene rings is 2. The summed E-state index contributed by atoms with van der Waals surface area (Å²) in [4.78, 5) is 30.5. The predicted molar refractivity (Wildman–Crippen MR) is 139 cm³/mol. The fourth-order valence-corrected chi connectivity index (χ4v) is 4.66. The first-order valence-electron chi connectivity index (χ1n) is 11.5. The van der Waals surface area contributed by atoms with Crippen LogP contribution in [0.5, 0.6) is 5.75 Å². The van der Waals surface area contributed by atoms with E-state index < -0.39 is 0 Å². The van der Waals surface area contributed by atoms with Gasteiger partial charge in [0, 0.05) is 54.2 Å². The molecule has 0 aliphatic carbocycles. The molecule has 1 saturated heterocycles. The number of nitroso groups, excluding NO2 is 1. The van der Waals surface area contributed by atoms with Gasteiger partial charge >= 0.3 is 0 Å². The van der Waals surface area contributed by atoms with Gasteiger partial charge in [0.15, 0.2) is 0 Å². The summed E-state index contributed by atoms with van der Waals surface area (Å²) in [7, 11) is 0. The Kier molecular flexibility index (Phi) is 8.55. The van der Waals surface area contributed by atoms with E-state index in [2.05, 4.69) is 20.4 Å². The highest BCUT2D eigenvalue weighted by atomic mass is 35.5. The van der Waals surface area contributed by atoms with Gasteiger partial charge in [-0.1, -0.05) is 29.3 Å². The predicted octanol–water partition coefficient (Wildman–Crippen LogP) is 6.05. The minimum atomic E-state index is -0.331. The van der Waals surface area contributed by atoms with E-state index in [4.69, 9.17) is 27.9 Å². The maximum Gasteiger partial charge on any atom is 0.253 e. The molecular formula is C26H26Cl2N4O3. The van der Waals surface area contributed by atoms with Gasteiger partial charge in [-0.3, -0.25) is 9.78 Å². The minimum Gasteiger partial charge on any atom is -0.493 e. The van der Waals surface area contributed by atoms with E-state index in [0.29, 0.717) is 41.3 Å². The van der Waals surface area contributed by atoms with Crippen LogP contribution in [0, 0.1) is 10.8 Å². The van der Waals surface area contributed by atoms with Crippen LogP contribution in [0.2, 0.25) is 10.0 Å². The van der Waals surface area contributed by atoms with E-state index in [-0.39, 0.29) is 17.2 Å². The molecular weight excluding hydrogens is 487 g/mol. The lowest BCUT2D eigenvalue weighted by atomic mass is 9.96. The molecule has 0 spiro atoms. The van der Waals surface area contributed by atoms with E-state index in [1.165, 1.54) is 11.8 Å². The Morgan fingerprint density at radius 2 is 1.86 bits per heavy atom. The molecule has 9 heteroatoms. The van der Waals surface area contributed by atoms with Gasteiger partial charge in [-0.25, -0.2) is 0 Å². The number of pyridine rings is 1. The minimum absolute atomic E-state index is 0.0862. The molecule has 0 unspecified atom stereocenters. The third kappa shape index (κ3) is 6.71. The van der Waals surface area contributed by atoms with Crippen LogP contribution in [0.25, 0.3) is 0 Å². The van der Waals surface area contributed by atoms with Gasteiger partial charge in [-0.05, 0) is 72.0 Å². The standard InChI is InChI=1S/C26H26Cl2N4O3/c27-20-2-1-19(24(28)15-20)9-14-35-22-3-4-25(31-34)23(16-22)26(33)30-17-18-7-12-32(13-8-18)21-5-10-29-11-6-21/h1-6,10-11,15-16,18H,7-9,12-14,17H2,(H,30,33). The molecule has 1 amide bonds. The quantitative estimate of drug-likeness (QED) is 0.352. The largest absolute Gasteiger partial charge is 0.493 e. The van der Waals surface area contributed by atoms with Crippen molar-refractivity contribution in [2.24, 2.45) is 11.1 Å². The number of nitrogens with zero attached hydrogens (tertiary/aromatic N) is 3. The summed E-state index contributed by atoms with van der Waals surface area (Å²) in [6, 6.07) is 14.0. The Hall–Kier alpha value is -3.16. The molecule has 0 bridgehead atoms. The lowest BCUT2D eigenvalue weighted by Gasteiger charge is -2.33. The monoisotopic (exact) mass is 512 g/mol. The summed E-state index contributed by atoms with van der Waals surface area (Å²) < 4.78 is 5.81. The van der Waals surface area contributed by atoms with E-state index in [1.807, 2.05) is 18.2 Å². The molecule has 1 fully saturated rings. The number of carbonyl (C=O) groups excluding carboxylic acids is 1. The van der Waals surface area contributed by atoms with Gasteiger partial charge in [0.1, 0.15) is 11.4 Å². The van der Waals surface area contributed by atoms with Crippen molar-refractivity contribution in [3.05, 3.63) is 87.0 Å². The molecule has 1 aliphatic heterocycles. The molecule has 3 aromatic rings. The highest BCUT2D eigenvalue weighted by Crippen LogP contribution is 2.27. The Morgan fingerprint density at radius 1 is 1.09 bits per heavy atom. The van der Waals surface area contributed by atoms with Crippen molar-refractivity contribution in [3.63, 3.8) is 0 Å². The average molecular weight is 513 g/mol. The average Bonchev–Trinajstić information content (AvgIpc) is 2.89. The van der Waals surface area contributed by atoms with Gasteiger partial charge < -0.3 is 15.0 Å². The van der Waals surface area contributed by atoms with Gasteiger partial charge in [0.25, 0.3) is 5.91 Å². The third-order valence-electron chi connectivity index (χ3n) is 6.16. The summed E-state index contributed by atoms with van der Waals surface area (Å²) in [5.74, 6) is 0.522. The number of piperidine rings is 1. The second-order valence-corrected chi connectivity index (χ2v) is 9.29. The lowest BCUT2D eigenvalue weighted by molar-refractivity contribution is 0.0945. The van der Waals surface area contributed by atoms with Crippen LogP contribution in [0.3, 0.4) is 0 Å². The molecule has 182 valence electrons.